The van der Waals surface area contributed by atoms with E-state index < -0.39 is 0 Å². The smallest absolute Gasteiger partial charge is 0.202 e. The van der Waals surface area contributed by atoms with E-state index in [0.717, 1.165) is 23.8 Å². The van der Waals surface area contributed by atoms with E-state index in [2.05, 4.69) is 21.6 Å². The van der Waals surface area contributed by atoms with Crippen molar-refractivity contribution in [3.05, 3.63) is 5.82 Å². The van der Waals surface area contributed by atoms with Crippen molar-refractivity contribution in [3.8, 4) is 0 Å². The first kappa shape index (κ1) is 10.7. The molecular formula is C8H14ClN3S. The first-order valence-electron chi connectivity index (χ1n) is 4.41. The maximum absolute atomic E-state index is 5.66. The highest BCUT2D eigenvalue weighted by Gasteiger charge is 2.05. The van der Waals surface area contributed by atoms with E-state index in [1.54, 1.807) is 0 Å². The van der Waals surface area contributed by atoms with Gasteiger partial charge in [-0.2, -0.15) is 4.37 Å². The van der Waals surface area contributed by atoms with Gasteiger partial charge in [0.1, 0.15) is 5.82 Å². The molecule has 74 valence electrons. The van der Waals surface area contributed by atoms with Gasteiger partial charge < -0.3 is 5.32 Å². The normalized spacial score (nSPS) is 12.8. The Morgan fingerprint density at radius 2 is 2.38 bits per heavy atom. The first-order chi connectivity index (χ1) is 6.26. The van der Waals surface area contributed by atoms with Crippen LogP contribution in [0.25, 0.3) is 0 Å². The average molecular weight is 220 g/mol. The van der Waals surface area contributed by atoms with Crippen molar-refractivity contribution < 1.29 is 0 Å². The van der Waals surface area contributed by atoms with E-state index in [1.165, 1.54) is 11.5 Å². The molecule has 1 rings (SSSR count). The third kappa shape index (κ3) is 3.48. The van der Waals surface area contributed by atoms with Gasteiger partial charge in [0.05, 0.1) is 0 Å². The van der Waals surface area contributed by atoms with Crippen LogP contribution < -0.4 is 5.32 Å². The summed E-state index contributed by atoms with van der Waals surface area (Å²) in [5.74, 6) is 1.51. The summed E-state index contributed by atoms with van der Waals surface area (Å²) in [6.45, 7) is 4.14. The predicted octanol–water partition coefficient (Wildman–Crippen LogP) is 2.53. The number of aryl methyl sites for hydroxylation is 1. The molecule has 0 aliphatic heterocycles. The number of nitrogens with zero attached hydrogens (tertiary/aromatic N) is 2. The molecule has 0 amide bonds. The zero-order chi connectivity index (χ0) is 9.68. The van der Waals surface area contributed by atoms with Gasteiger partial charge in [-0.15, -0.1) is 11.6 Å². The summed E-state index contributed by atoms with van der Waals surface area (Å²) in [5.41, 5.74) is 0. The summed E-state index contributed by atoms with van der Waals surface area (Å²) in [4.78, 5) is 4.33. The topological polar surface area (TPSA) is 37.8 Å². The molecule has 0 saturated carbocycles. The zero-order valence-corrected chi connectivity index (χ0v) is 9.45. The molecule has 5 heteroatoms. The van der Waals surface area contributed by atoms with Crippen LogP contribution in [-0.4, -0.2) is 21.3 Å². The standard InChI is InChI=1S/C8H14ClN3S/c1-3-4-7-11-8(13-12-7)10-6(2)5-9/h6H,3-5H2,1-2H3,(H,10,11,12). The van der Waals surface area contributed by atoms with Crippen LogP contribution in [0.4, 0.5) is 5.13 Å². The number of rotatable bonds is 5. The van der Waals surface area contributed by atoms with Crippen molar-refractivity contribution >= 4 is 28.3 Å². The van der Waals surface area contributed by atoms with Crippen LogP contribution in [-0.2, 0) is 6.42 Å². The van der Waals surface area contributed by atoms with Crippen LogP contribution in [0, 0.1) is 0 Å². The fraction of sp³-hybridized carbons (Fsp3) is 0.750. The second-order valence-corrected chi connectivity index (χ2v) is 4.03. The van der Waals surface area contributed by atoms with Crippen LogP contribution in [0.3, 0.4) is 0 Å². The summed E-state index contributed by atoms with van der Waals surface area (Å²) < 4.78 is 4.22. The molecule has 1 aromatic heterocycles. The summed E-state index contributed by atoms with van der Waals surface area (Å²) >= 11 is 7.07. The van der Waals surface area contributed by atoms with Crippen LogP contribution in [0.15, 0.2) is 0 Å². The molecule has 1 unspecified atom stereocenters. The average Bonchev–Trinajstić information content (AvgIpc) is 2.53. The lowest BCUT2D eigenvalue weighted by molar-refractivity contribution is 0.853. The van der Waals surface area contributed by atoms with Gasteiger partial charge in [0.2, 0.25) is 5.13 Å². The van der Waals surface area contributed by atoms with Crippen LogP contribution in [0.2, 0.25) is 0 Å². The van der Waals surface area contributed by atoms with Crippen LogP contribution >= 0.6 is 23.1 Å². The fourth-order valence-corrected chi connectivity index (χ4v) is 1.69. The number of nitrogens with one attached hydrogen (secondary N) is 1. The predicted molar refractivity (Wildman–Crippen MR) is 57.7 cm³/mol. The Labute approximate surface area is 87.7 Å². The molecule has 0 fully saturated rings. The third-order valence-electron chi connectivity index (χ3n) is 1.54. The Hall–Kier alpha value is -0.350. The maximum Gasteiger partial charge on any atom is 0.202 e. The number of hydrogen-bond donors (Lipinski definition) is 1. The number of alkyl halides is 1. The SMILES string of the molecule is CCCc1nsc(NC(C)CCl)n1. The highest BCUT2D eigenvalue weighted by molar-refractivity contribution is 7.09. The van der Waals surface area contributed by atoms with Crippen molar-refractivity contribution in [1.29, 1.82) is 0 Å². The lowest BCUT2D eigenvalue weighted by Crippen LogP contribution is -2.16. The van der Waals surface area contributed by atoms with E-state index in [4.69, 9.17) is 11.6 Å². The van der Waals surface area contributed by atoms with Gasteiger partial charge in [-0.3, -0.25) is 0 Å². The second-order valence-electron chi connectivity index (χ2n) is 2.97. The van der Waals surface area contributed by atoms with Gasteiger partial charge in [-0.05, 0) is 13.3 Å². The molecule has 1 heterocycles. The third-order valence-corrected chi connectivity index (χ3v) is 2.69. The summed E-state index contributed by atoms with van der Waals surface area (Å²) in [7, 11) is 0. The lowest BCUT2D eigenvalue weighted by Gasteiger charge is -2.06. The van der Waals surface area contributed by atoms with E-state index in [1.807, 2.05) is 6.92 Å². The minimum Gasteiger partial charge on any atom is -0.357 e. The largest absolute Gasteiger partial charge is 0.357 e. The molecule has 0 bridgehead atoms. The van der Waals surface area contributed by atoms with Crippen molar-refractivity contribution in [3.63, 3.8) is 0 Å². The Morgan fingerprint density at radius 1 is 1.62 bits per heavy atom. The van der Waals surface area contributed by atoms with Crippen LogP contribution in [0.5, 0.6) is 0 Å². The highest BCUT2D eigenvalue weighted by Crippen LogP contribution is 2.13. The minimum absolute atomic E-state index is 0.254. The van der Waals surface area contributed by atoms with Crippen LogP contribution in [0.1, 0.15) is 26.1 Å². The number of halogens is 1. The van der Waals surface area contributed by atoms with E-state index in [-0.39, 0.29) is 6.04 Å². The lowest BCUT2D eigenvalue weighted by atomic mass is 10.3. The minimum atomic E-state index is 0.254. The molecular weight excluding hydrogens is 206 g/mol. The fourth-order valence-electron chi connectivity index (χ4n) is 0.887. The molecule has 0 radical (unpaired) electrons. The summed E-state index contributed by atoms with van der Waals surface area (Å²) in [6.07, 6.45) is 2.04. The molecule has 0 aliphatic carbocycles. The van der Waals surface area contributed by atoms with Gasteiger partial charge in [0.25, 0.3) is 0 Å². The molecule has 1 N–H and O–H groups in total. The van der Waals surface area contributed by atoms with Gasteiger partial charge >= 0.3 is 0 Å². The highest BCUT2D eigenvalue weighted by atomic mass is 35.5. The Bertz CT molecular complexity index is 251. The molecule has 0 aliphatic rings. The molecule has 13 heavy (non-hydrogen) atoms. The molecule has 0 saturated heterocycles. The molecule has 0 spiro atoms. The molecule has 3 nitrogen and oxygen atoms in total. The van der Waals surface area contributed by atoms with Crippen molar-refractivity contribution in [2.24, 2.45) is 0 Å². The van der Waals surface area contributed by atoms with E-state index >= 15 is 0 Å². The summed E-state index contributed by atoms with van der Waals surface area (Å²) in [6, 6.07) is 0.254. The van der Waals surface area contributed by atoms with Gasteiger partial charge in [-0.25, -0.2) is 4.98 Å². The van der Waals surface area contributed by atoms with Gasteiger partial charge in [0, 0.05) is 29.9 Å². The van der Waals surface area contributed by atoms with Crippen molar-refractivity contribution in [2.75, 3.05) is 11.2 Å². The summed E-state index contributed by atoms with van der Waals surface area (Å²) in [5, 5.41) is 4.06. The van der Waals surface area contributed by atoms with Gasteiger partial charge in [-0.1, -0.05) is 6.92 Å². The Morgan fingerprint density at radius 3 is 3.00 bits per heavy atom. The Balaban J connectivity index is 2.48. The van der Waals surface area contributed by atoms with E-state index in [9.17, 15) is 0 Å². The van der Waals surface area contributed by atoms with Crippen molar-refractivity contribution in [2.45, 2.75) is 32.7 Å². The Kier molecular flexibility index (Phi) is 4.45. The first-order valence-corrected chi connectivity index (χ1v) is 5.72. The number of hydrogen-bond acceptors (Lipinski definition) is 4. The number of aromatic nitrogens is 2. The molecule has 1 aromatic rings. The maximum atomic E-state index is 5.66. The quantitative estimate of drug-likeness (QED) is 0.774. The number of anilines is 1. The zero-order valence-electron chi connectivity index (χ0n) is 7.88. The molecule has 1 atom stereocenters. The second kappa shape index (κ2) is 5.40. The van der Waals surface area contributed by atoms with E-state index in [0.29, 0.717) is 5.88 Å². The van der Waals surface area contributed by atoms with Gasteiger partial charge in [0.15, 0.2) is 0 Å². The monoisotopic (exact) mass is 219 g/mol. The van der Waals surface area contributed by atoms with Crippen molar-refractivity contribution in [1.82, 2.24) is 9.36 Å². The molecule has 0 aromatic carbocycles.